The Labute approximate surface area is 186 Å². The minimum Gasteiger partial charge on any atom is -0.339 e. The maximum atomic E-state index is 13.5. The molecule has 0 fully saturated rings. The Balaban J connectivity index is 1.59. The zero-order chi connectivity index (χ0) is 21.8. The lowest BCUT2D eigenvalue weighted by Crippen LogP contribution is -2.29. The molecule has 1 heterocycles. The van der Waals surface area contributed by atoms with E-state index < -0.39 is 10.8 Å². The molecule has 0 saturated heterocycles. The first-order valence-electron chi connectivity index (χ1n) is 10.5. The van der Waals surface area contributed by atoms with Crippen LogP contribution in [-0.4, -0.2) is 22.6 Å². The molecule has 0 saturated carbocycles. The highest BCUT2D eigenvalue weighted by atomic mass is 32.2. The first kappa shape index (κ1) is 21.7. The highest BCUT2D eigenvalue weighted by Crippen LogP contribution is 2.45. The molecule has 0 radical (unpaired) electrons. The van der Waals surface area contributed by atoms with E-state index in [0.29, 0.717) is 0 Å². The Morgan fingerprint density at radius 3 is 2.61 bits per heavy atom. The van der Waals surface area contributed by atoms with E-state index in [1.54, 1.807) is 0 Å². The maximum Gasteiger partial charge on any atom is 0.108 e. The number of fused-ring (bicyclic) bond motifs is 2. The van der Waals surface area contributed by atoms with Crippen LogP contribution in [0.15, 0.2) is 70.5 Å². The second-order valence-corrected chi connectivity index (χ2v) is 9.21. The van der Waals surface area contributed by atoms with Crippen molar-refractivity contribution in [1.82, 2.24) is 5.32 Å². The Morgan fingerprint density at radius 1 is 1.03 bits per heavy atom. The summed E-state index contributed by atoms with van der Waals surface area (Å²) >= 11 is 0. The van der Waals surface area contributed by atoms with Gasteiger partial charge in [-0.3, -0.25) is 5.26 Å². The summed E-state index contributed by atoms with van der Waals surface area (Å²) < 4.78 is 13.5. The zero-order valence-electron chi connectivity index (χ0n) is 17.9. The summed E-state index contributed by atoms with van der Waals surface area (Å²) in [4.78, 5) is 8.22. The lowest BCUT2D eigenvalue weighted by atomic mass is 10.0. The first-order valence-corrected chi connectivity index (χ1v) is 11.7. The van der Waals surface area contributed by atoms with Crippen LogP contribution in [0.1, 0.15) is 28.7 Å². The van der Waals surface area contributed by atoms with Crippen molar-refractivity contribution in [3.63, 3.8) is 0 Å². The van der Waals surface area contributed by atoms with Gasteiger partial charge in [-0.1, -0.05) is 48.5 Å². The maximum absolute atomic E-state index is 13.5. The van der Waals surface area contributed by atoms with E-state index in [1.807, 2.05) is 36.4 Å². The Kier molecular flexibility index (Phi) is 6.83. The van der Waals surface area contributed by atoms with Gasteiger partial charge in [-0.25, -0.2) is 9.10 Å². The van der Waals surface area contributed by atoms with Crippen molar-refractivity contribution in [2.45, 2.75) is 43.2 Å². The summed E-state index contributed by atoms with van der Waals surface area (Å²) in [5.41, 5.74) is 6.31. The van der Waals surface area contributed by atoms with Gasteiger partial charge in [-0.15, -0.1) is 0 Å². The second-order valence-electron chi connectivity index (χ2n) is 7.83. The molecule has 1 aliphatic heterocycles. The van der Waals surface area contributed by atoms with E-state index in [-0.39, 0.29) is 6.61 Å². The molecule has 0 spiro atoms. The highest BCUT2D eigenvalue weighted by Gasteiger charge is 2.31. The number of aryl methyl sites for hydroxylation is 1. The molecule has 0 aliphatic carbocycles. The monoisotopic (exact) mass is 436 g/mol. The molecule has 0 bridgehead atoms. The Bertz CT molecular complexity index is 1090. The Morgan fingerprint density at radius 2 is 1.84 bits per heavy atom. The van der Waals surface area contributed by atoms with Gasteiger partial charge in [0.15, 0.2) is 0 Å². The van der Waals surface area contributed by atoms with Crippen molar-refractivity contribution in [3.05, 3.63) is 82.9 Å². The van der Waals surface area contributed by atoms with Gasteiger partial charge in [0, 0.05) is 13.1 Å². The van der Waals surface area contributed by atoms with Gasteiger partial charge in [-0.05, 0) is 61.2 Å². The molecule has 31 heavy (non-hydrogen) atoms. The molecule has 0 amide bonds. The smallest absolute Gasteiger partial charge is 0.108 e. The molecule has 1 aliphatic rings. The van der Waals surface area contributed by atoms with Crippen LogP contribution in [-0.2, 0) is 28.8 Å². The SMILES string of the molecule is Cc1ccc2c(c1C)N(CCCNCc1ccccc1)c1cccc(COO)c1S2=O. The normalized spacial score (nSPS) is 14.9. The van der Waals surface area contributed by atoms with Crippen molar-refractivity contribution in [3.8, 4) is 0 Å². The molecule has 1 unspecified atom stereocenters. The molecule has 4 rings (SSSR count). The predicted molar refractivity (Wildman–Crippen MR) is 124 cm³/mol. The lowest BCUT2D eigenvalue weighted by molar-refractivity contribution is -0.253. The molecule has 0 aromatic heterocycles. The highest BCUT2D eigenvalue weighted by molar-refractivity contribution is 7.85. The zero-order valence-corrected chi connectivity index (χ0v) is 18.7. The lowest BCUT2D eigenvalue weighted by Gasteiger charge is -2.35. The van der Waals surface area contributed by atoms with E-state index in [4.69, 9.17) is 5.26 Å². The van der Waals surface area contributed by atoms with E-state index in [9.17, 15) is 4.21 Å². The fraction of sp³-hybridized carbons (Fsp3) is 0.280. The number of hydrogen-bond acceptors (Lipinski definition) is 5. The van der Waals surface area contributed by atoms with Crippen LogP contribution >= 0.6 is 0 Å². The predicted octanol–water partition coefficient (Wildman–Crippen LogP) is 5.09. The molecule has 1 atom stereocenters. The molecular weight excluding hydrogens is 408 g/mol. The fourth-order valence-electron chi connectivity index (χ4n) is 4.10. The average Bonchev–Trinajstić information content (AvgIpc) is 2.78. The van der Waals surface area contributed by atoms with Crippen LogP contribution in [0.4, 0.5) is 11.4 Å². The standard InChI is InChI=1S/C25H28N2O3S/c1-18-12-13-23-24(19(18)2)27(15-7-14-26-16-20-8-4-3-5-9-20)22-11-6-10-21(17-30-28)25(22)31(23)29/h3-6,8-13,26,28H,7,14-17H2,1-2H3. The number of nitrogens with one attached hydrogen (secondary N) is 1. The summed E-state index contributed by atoms with van der Waals surface area (Å²) in [5, 5.41) is 12.5. The van der Waals surface area contributed by atoms with Crippen molar-refractivity contribution in [2.24, 2.45) is 0 Å². The van der Waals surface area contributed by atoms with Gasteiger partial charge >= 0.3 is 0 Å². The van der Waals surface area contributed by atoms with Crippen LogP contribution in [0.5, 0.6) is 0 Å². The fourth-order valence-corrected chi connectivity index (χ4v) is 5.68. The van der Waals surface area contributed by atoms with Crippen LogP contribution in [0, 0.1) is 13.8 Å². The molecule has 3 aromatic rings. The van der Waals surface area contributed by atoms with Crippen LogP contribution in [0.3, 0.4) is 0 Å². The number of rotatable bonds is 8. The largest absolute Gasteiger partial charge is 0.339 e. The summed E-state index contributed by atoms with van der Waals surface area (Å²) in [5.74, 6) is 0. The van der Waals surface area contributed by atoms with Crippen LogP contribution < -0.4 is 10.2 Å². The van der Waals surface area contributed by atoms with Gasteiger partial charge in [0.1, 0.15) is 6.61 Å². The van der Waals surface area contributed by atoms with Crippen molar-refractivity contribution >= 4 is 22.2 Å². The summed E-state index contributed by atoms with van der Waals surface area (Å²) in [6.07, 6.45) is 0.937. The van der Waals surface area contributed by atoms with Gasteiger partial charge in [0.2, 0.25) is 0 Å². The van der Waals surface area contributed by atoms with Gasteiger partial charge < -0.3 is 10.2 Å². The van der Waals surface area contributed by atoms with E-state index in [2.05, 4.69) is 53.2 Å². The summed E-state index contributed by atoms with van der Waals surface area (Å²) in [6, 6.07) is 20.2. The molecule has 2 N–H and O–H groups in total. The molecule has 5 nitrogen and oxygen atoms in total. The minimum absolute atomic E-state index is 0.0154. The summed E-state index contributed by atoms with van der Waals surface area (Å²) in [7, 11) is -1.32. The summed E-state index contributed by atoms with van der Waals surface area (Å²) in [6.45, 7) is 6.72. The van der Waals surface area contributed by atoms with E-state index >= 15 is 0 Å². The third-order valence-corrected chi connectivity index (χ3v) is 7.38. The number of benzene rings is 3. The molecular formula is C25H28N2O3S. The second kappa shape index (κ2) is 9.75. The minimum atomic E-state index is -1.32. The third kappa shape index (κ3) is 4.43. The average molecular weight is 437 g/mol. The van der Waals surface area contributed by atoms with E-state index in [1.165, 1.54) is 11.1 Å². The Hall–Kier alpha value is -2.51. The van der Waals surface area contributed by atoms with Gasteiger partial charge in [0.05, 0.1) is 32.0 Å². The van der Waals surface area contributed by atoms with Crippen LogP contribution in [0.2, 0.25) is 0 Å². The van der Waals surface area contributed by atoms with E-state index in [0.717, 1.165) is 58.3 Å². The van der Waals surface area contributed by atoms with Crippen LogP contribution in [0.25, 0.3) is 0 Å². The number of hydrogen-bond donors (Lipinski definition) is 2. The topological polar surface area (TPSA) is 61.8 Å². The van der Waals surface area contributed by atoms with Crippen molar-refractivity contribution in [1.29, 1.82) is 0 Å². The van der Waals surface area contributed by atoms with Gasteiger partial charge in [-0.2, -0.15) is 0 Å². The van der Waals surface area contributed by atoms with Crippen molar-refractivity contribution < 1.29 is 14.4 Å². The number of nitrogens with zero attached hydrogens (tertiary/aromatic N) is 1. The molecule has 6 heteroatoms. The molecule has 162 valence electrons. The van der Waals surface area contributed by atoms with Crippen molar-refractivity contribution in [2.75, 3.05) is 18.0 Å². The molecule has 3 aromatic carbocycles. The quantitative estimate of drug-likeness (QED) is 0.293. The van der Waals surface area contributed by atoms with Gasteiger partial charge in [0.25, 0.3) is 0 Å². The number of anilines is 2. The third-order valence-electron chi connectivity index (χ3n) is 5.81. The first-order chi connectivity index (χ1) is 15.1.